The van der Waals surface area contributed by atoms with Gasteiger partial charge < -0.3 is 0 Å². The van der Waals surface area contributed by atoms with Crippen LogP contribution in [0.4, 0.5) is 0 Å². The summed E-state index contributed by atoms with van der Waals surface area (Å²) in [7, 11) is 0. The van der Waals surface area contributed by atoms with Crippen molar-refractivity contribution in [3.8, 4) is 66.8 Å². The molecule has 0 fully saturated rings. The van der Waals surface area contributed by atoms with Gasteiger partial charge in [-0.1, -0.05) is 127 Å². The minimum atomic E-state index is -0.908. The van der Waals surface area contributed by atoms with Gasteiger partial charge in [0.1, 0.15) is 0 Å². The molecule has 0 heterocycles. The SMILES string of the molecule is CCI(C)Cc1ccc(-c2c3ccccc3c(-c3ccc4c(-c5ccccc5-c5ccccc5)ccc(-c5ccccc5-c5ccc6ccccc6c5)c4c3)c3ccccc23)cc1. The Morgan fingerprint density at radius 1 is 0.302 bits per heavy atom. The first-order chi connectivity index (χ1) is 31.1. The molecule has 0 aliphatic carbocycles. The molecule has 0 bridgehead atoms. The quantitative estimate of drug-likeness (QED) is 0.0769. The van der Waals surface area contributed by atoms with E-state index in [0.29, 0.717) is 0 Å². The van der Waals surface area contributed by atoms with Gasteiger partial charge in [-0.2, -0.15) is 0 Å². The average Bonchev–Trinajstić information content (AvgIpc) is 3.35. The Morgan fingerprint density at radius 3 is 1.40 bits per heavy atom. The maximum atomic E-state index is 2.50. The Labute approximate surface area is 377 Å². The predicted molar refractivity (Wildman–Crippen MR) is 283 cm³/mol. The summed E-state index contributed by atoms with van der Waals surface area (Å²) in [6.45, 7) is 2.35. The zero-order valence-electron chi connectivity index (χ0n) is 35.7. The Hall–Kier alpha value is -6.81. The molecule has 0 spiro atoms. The van der Waals surface area contributed by atoms with Gasteiger partial charge in [0.25, 0.3) is 0 Å². The molecule has 63 heavy (non-hydrogen) atoms. The van der Waals surface area contributed by atoms with Crippen LogP contribution < -0.4 is 0 Å². The van der Waals surface area contributed by atoms with Gasteiger partial charge in [-0.25, -0.2) is 0 Å². The number of hydrogen-bond donors (Lipinski definition) is 0. The fraction of sp³-hybridized carbons (Fsp3) is 0.0645. The third-order valence-electron chi connectivity index (χ3n) is 12.9. The van der Waals surface area contributed by atoms with E-state index in [1.165, 1.54) is 124 Å². The normalized spacial score (nSPS) is 11.7. The summed E-state index contributed by atoms with van der Waals surface area (Å²) in [6.07, 6.45) is 0. The summed E-state index contributed by atoms with van der Waals surface area (Å²) < 4.78 is 2.61. The number of benzene rings is 11. The zero-order valence-corrected chi connectivity index (χ0v) is 37.8. The van der Waals surface area contributed by atoms with E-state index in [-0.39, 0.29) is 0 Å². The zero-order chi connectivity index (χ0) is 42.3. The van der Waals surface area contributed by atoms with Crippen molar-refractivity contribution in [3.63, 3.8) is 0 Å². The Kier molecular flexibility index (Phi) is 10.4. The summed E-state index contributed by atoms with van der Waals surface area (Å²) >= 11 is -0.908. The molecule has 0 saturated heterocycles. The summed E-state index contributed by atoms with van der Waals surface area (Å²) in [5.74, 6) is 0. The van der Waals surface area contributed by atoms with Gasteiger partial charge in [0.15, 0.2) is 0 Å². The molecule has 11 aromatic rings. The van der Waals surface area contributed by atoms with Gasteiger partial charge in [0, 0.05) is 0 Å². The van der Waals surface area contributed by atoms with E-state index in [1.54, 1.807) is 0 Å². The van der Waals surface area contributed by atoms with Gasteiger partial charge in [-0.15, -0.1) is 0 Å². The average molecular weight is 919 g/mol. The summed E-state index contributed by atoms with van der Waals surface area (Å²) in [4.78, 5) is 2.50. The van der Waals surface area contributed by atoms with Crippen molar-refractivity contribution < 1.29 is 0 Å². The van der Waals surface area contributed by atoms with Crippen LogP contribution in [0.1, 0.15) is 12.5 Å². The second-order valence-corrected chi connectivity index (χ2v) is 23.0. The molecule has 0 radical (unpaired) electrons. The first-order valence-corrected chi connectivity index (χ1v) is 27.2. The molecular weight excluding hydrogens is 872 g/mol. The number of alkyl halides is 3. The van der Waals surface area contributed by atoms with E-state index in [0.717, 1.165) is 0 Å². The molecule has 0 atom stereocenters. The van der Waals surface area contributed by atoms with Crippen molar-refractivity contribution >= 4 is 62.9 Å². The van der Waals surface area contributed by atoms with E-state index in [2.05, 4.69) is 236 Å². The Morgan fingerprint density at radius 2 is 0.778 bits per heavy atom. The van der Waals surface area contributed by atoms with Crippen molar-refractivity contribution in [2.45, 2.75) is 11.4 Å². The molecule has 0 aliphatic heterocycles. The van der Waals surface area contributed by atoms with Crippen LogP contribution in [0, 0.1) is 0 Å². The van der Waals surface area contributed by atoms with Crippen LogP contribution >= 0.6 is 19.8 Å². The number of rotatable bonds is 9. The second kappa shape index (κ2) is 16.8. The van der Waals surface area contributed by atoms with Crippen LogP contribution in [0.2, 0.25) is 0 Å². The van der Waals surface area contributed by atoms with Gasteiger partial charge >= 0.3 is 186 Å². The van der Waals surface area contributed by atoms with Crippen LogP contribution in [0.15, 0.2) is 224 Å². The van der Waals surface area contributed by atoms with E-state index >= 15 is 0 Å². The van der Waals surface area contributed by atoms with Gasteiger partial charge in [-0.3, -0.25) is 0 Å². The molecule has 1 heteroatoms. The fourth-order valence-electron chi connectivity index (χ4n) is 9.76. The van der Waals surface area contributed by atoms with Crippen LogP contribution in [-0.4, -0.2) is 9.36 Å². The van der Waals surface area contributed by atoms with Crippen molar-refractivity contribution in [2.24, 2.45) is 0 Å². The first-order valence-electron chi connectivity index (χ1n) is 22.0. The van der Waals surface area contributed by atoms with Crippen molar-refractivity contribution in [3.05, 3.63) is 230 Å². The van der Waals surface area contributed by atoms with Gasteiger partial charge in [0.2, 0.25) is 0 Å². The molecule has 11 aromatic carbocycles. The minimum absolute atomic E-state index is 0.908. The van der Waals surface area contributed by atoms with E-state index in [4.69, 9.17) is 0 Å². The maximum absolute atomic E-state index is 2.50. The Bertz CT molecular complexity index is 3410. The van der Waals surface area contributed by atoms with E-state index in [1.807, 2.05) is 0 Å². The number of fused-ring (bicyclic) bond motifs is 4. The van der Waals surface area contributed by atoms with Crippen molar-refractivity contribution in [1.29, 1.82) is 0 Å². The third-order valence-corrected chi connectivity index (χ3v) is 17.7. The molecule has 0 aromatic heterocycles. The predicted octanol–water partition coefficient (Wildman–Crippen LogP) is 18.0. The topological polar surface area (TPSA) is 0 Å². The molecule has 0 N–H and O–H groups in total. The molecule has 0 saturated carbocycles. The Balaban J connectivity index is 1.17. The fourth-order valence-corrected chi connectivity index (χ4v) is 12.3. The van der Waals surface area contributed by atoms with Crippen molar-refractivity contribution in [1.82, 2.24) is 0 Å². The second-order valence-electron chi connectivity index (χ2n) is 16.6. The molecule has 0 amide bonds. The summed E-state index contributed by atoms with van der Waals surface area (Å²) in [5.41, 5.74) is 16.4. The van der Waals surface area contributed by atoms with E-state index < -0.39 is 19.8 Å². The number of halogens is 1. The molecular formula is C62H47I. The monoisotopic (exact) mass is 918 g/mol. The molecule has 0 nitrogen and oxygen atoms in total. The first kappa shape index (κ1) is 39.1. The van der Waals surface area contributed by atoms with Crippen LogP contribution in [0.3, 0.4) is 0 Å². The summed E-state index contributed by atoms with van der Waals surface area (Å²) in [6, 6.07) is 83.7. The number of hydrogen-bond acceptors (Lipinski definition) is 0. The van der Waals surface area contributed by atoms with Gasteiger partial charge in [0.05, 0.1) is 0 Å². The molecule has 0 aliphatic rings. The summed E-state index contributed by atoms with van der Waals surface area (Å²) in [5, 5.41) is 10.1. The van der Waals surface area contributed by atoms with Crippen molar-refractivity contribution in [2.75, 3.05) is 9.36 Å². The standard InChI is InChI=1S/C62H47I/c1-3-63(2)41-42-29-31-45(32-30-42)61-56-25-13-15-27-58(56)62(59-28-16-14-26-57(59)61)48-35-36-54-53(51-23-11-9-21-49(51)44-18-5-4-6-19-44)37-38-55(60(54)40-48)52-24-12-10-22-50(52)47-34-33-43-17-7-8-20-46(43)39-47/h4-40H,3,41H2,1-2H3. The molecule has 0 unspecified atom stereocenters. The van der Waals surface area contributed by atoms with Gasteiger partial charge in [-0.05, 0) is 66.7 Å². The third kappa shape index (κ3) is 7.21. The molecule has 302 valence electrons. The van der Waals surface area contributed by atoms with E-state index in [9.17, 15) is 0 Å². The van der Waals surface area contributed by atoms with Crippen LogP contribution in [-0.2, 0) is 4.43 Å². The van der Waals surface area contributed by atoms with Crippen LogP contribution in [0.5, 0.6) is 0 Å². The molecule has 11 rings (SSSR count). The van der Waals surface area contributed by atoms with Crippen LogP contribution in [0.25, 0.3) is 110 Å².